The van der Waals surface area contributed by atoms with Crippen molar-refractivity contribution in [3.63, 3.8) is 0 Å². The monoisotopic (exact) mass is 368 g/mol. The Hall–Kier alpha value is -0.310. The zero-order valence-corrected chi connectivity index (χ0v) is 15.0. The van der Waals surface area contributed by atoms with Crippen LogP contribution in [0.25, 0.3) is 0 Å². The van der Waals surface area contributed by atoms with Crippen LogP contribution >= 0.6 is 38.9 Å². The van der Waals surface area contributed by atoms with Gasteiger partial charge in [-0.2, -0.15) is 0 Å². The van der Waals surface area contributed by atoms with Crippen LogP contribution in [0.1, 0.15) is 49.7 Å². The lowest BCUT2D eigenvalue weighted by atomic mass is 9.98. The summed E-state index contributed by atoms with van der Waals surface area (Å²) in [6, 6.07) is 6.67. The standard InChI is InChI=1S/C17H18BrClS/c1-10-7-13(14(19)8-11(10)2)17(18)16-9-12-5-3-4-6-15(12)20-16/h7-9,17H,3-6H2,1-2H3. The molecule has 0 nitrogen and oxygen atoms in total. The number of halogens is 2. The maximum atomic E-state index is 6.45. The molecule has 1 unspecified atom stereocenters. The molecule has 1 atom stereocenters. The van der Waals surface area contributed by atoms with E-state index in [9.17, 15) is 0 Å². The van der Waals surface area contributed by atoms with Gasteiger partial charge in [-0.05, 0) is 73.9 Å². The Morgan fingerprint density at radius 2 is 1.80 bits per heavy atom. The third kappa shape index (κ3) is 2.70. The van der Waals surface area contributed by atoms with E-state index in [1.807, 2.05) is 11.3 Å². The molecule has 1 aliphatic carbocycles. The van der Waals surface area contributed by atoms with Crippen molar-refractivity contribution in [2.75, 3.05) is 0 Å². The van der Waals surface area contributed by atoms with Gasteiger partial charge < -0.3 is 0 Å². The van der Waals surface area contributed by atoms with E-state index < -0.39 is 0 Å². The fourth-order valence-corrected chi connectivity index (χ4v) is 5.29. The number of hydrogen-bond donors (Lipinski definition) is 0. The van der Waals surface area contributed by atoms with E-state index in [4.69, 9.17) is 11.6 Å². The minimum absolute atomic E-state index is 0.213. The molecular weight excluding hydrogens is 352 g/mol. The van der Waals surface area contributed by atoms with E-state index in [-0.39, 0.29) is 4.83 Å². The minimum atomic E-state index is 0.213. The summed E-state index contributed by atoms with van der Waals surface area (Å²) in [5.74, 6) is 0. The number of hydrogen-bond acceptors (Lipinski definition) is 1. The Labute approximate surface area is 138 Å². The molecule has 0 aliphatic heterocycles. The summed E-state index contributed by atoms with van der Waals surface area (Å²) in [6.45, 7) is 4.26. The van der Waals surface area contributed by atoms with Crippen molar-refractivity contribution in [3.05, 3.63) is 55.2 Å². The summed E-state index contributed by atoms with van der Waals surface area (Å²) in [4.78, 5) is 3.18. The second-order valence-corrected chi connectivity index (χ2v) is 8.12. The van der Waals surface area contributed by atoms with E-state index in [2.05, 4.69) is 48.0 Å². The number of benzene rings is 1. The lowest BCUT2D eigenvalue weighted by Crippen LogP contribution is -1.96. The fraction of sp³-hybridized carbons (Fsp3) is 0.412. The van der Waals surface area contributed by atoms with Gasteiger partial charge in [0.05, 0.1) is 4.83 Å². The molecule has 0 saturated carbocycles. The van der Waals surface area contributed by atoms with Crippen LogP contribution in [0.2, 0.25) is 5.02 Å². The molecule has 0 N–H and O–H groups in total. The summed E-state index contributed by atoms with van der Waals surface area (Å²) in [7, 11) is 0. The van der Waals surface area contributed by atoms with Crippen LogP contribution in [0.5, 0.6) is 0 Å². The van der Waals surface area contributed by atoms with Crippen LogP contribution in [-0.2, 0) is 12.8 Å². The number of aryl methyl sites for hydroxylation is 4. The average Bonchev–Trinajstić information content (AvgIpc) is 2.86. The normalized spacial score (nSPS) is 16.0. The number of rotatable bonds is 2. The van der Waals surface area contributed by atoms with Gasteiger partial charge in [-0.25, -0.2) is 0 Å². The third-order valence-corrected chi connectivity index (χ3v) is 7.07. The van der Waals surface area contributed by atoms with Crippen molar-refractivity contribution in [1.82, 2.24) is 0 Å². The van der Waals surface area contributed by atoms with Crippen LogP contribution in [0.15, 0.2) is 18.2 Å². The second kappa shape index (κ2) is 5.82. The molecule has 3 heteroatoms. The lowest BCUT2D eigenvalue weighted by Gasteiger charge is -2.13. The zero-order chi connectivity index (χ0) is 14.3. The van der Waals surface area contributed by atoms with E-state index >= 15 is 0 Å². The highest BCUT2D eigenvalue weighted by molar-refractivity contribution is 9.09. The molecule has 0 fully saturated rings. The highest BCUT2D eigenvalue weighted by atomic mass is 79.9. The first kappa shape index (κ1) is 14.6. The lowest BCUT2D eigenvalue weighted by molar-refractivity contribution is 0.697. The third-order valence-electron chi connectivity index (χ3n) is 4.15. The smallest absolute Gasteiger partial charge is 0.0752 e. The van der Waals surface area contributed by atoms with Crippen molar-refractivity contribution < 1.29 is 0 Å². The highest BCUT2D eigenvalue weighted by Crippen LogP contribution is 2.42. The Bertz CT molecular complexity index is 621. The second-order valence-electron chi connectivity index (χ2n) is 5.62. The van der Waals surface area contributed by atoms with Gasteiger partial charge in [0.15, 0.2) is 0 Å². The first-order valence-corrected chi connectivity index (χ1v) is 9.19. The van der Waals surface area contributed by atoms with Gasteiger partial charge in [0.1, 0.15) is 0 Å². The van der Waals surface area contributed by atoms with Crippen molar-refractivity contribution in [3.8, 4) is 0 Å². The summed E-state index contributed by atoms with van der Waals surface area (Å²) in [5, 5.41) is 0.862. The van der Waals surface area contributed by atoms with Gasteiger partial charge >= 0.3 is 0 Å². The van der Waals surface area contributed by atoms with Crippen LogP contribution in [-0.4, -0.2) is 0 Å². The van der Waals surface area contributed by atoms with Crippen molar-refractivity contribution in [1.29, 1.82) is 0 Å². The van der Waals surface area contributed by atoms with Crippen molar-refractivity contribution in [2.24, 2.45) is 0 Å². The van der Waals surface area contributed by atoms with E-state index in [0.29, 0.717) is 0 Å². The molecule has 1 aromatic carbocycles. The first-order valence-electron chi connectivity index (χ1n) is 7.08. The quantitative estimate of drug-likeness (QED) is 0.539. The predicted molar refractivity (Wildman–Crippen MR) is 92.7 cm³/mol. The summed E-state index contributed by atoms with van der Waals surface area (Å²) >= 11 is 12.3. The molecule has 0 spiro atoms. The molecule has 0 radical (unpaired) electrons. The van der Waals surface area contributed by atoms with Crippen LogP contribution in [0.3, 0.4) is 0 Å². The molecule has 20 heavy (non-hydrogen) atoms. The largest absolute Gasteiger partial charge is 0.144 e. The molecule has 0 saturated heterocycles. The first-order chi connectivity index (χ1) is 9.56. The summed E-state index contributed by atoms with van der Waals surface area (Å²) in [6.07, 6.45) is 5.16. The number of thiophene rings is 1. The van der Waals surface area contributed by atoms with Crippen LogP contribution in [0.4, 0.5) is 0 Å². The average molecular weight is 370 g/mol. The molecule has 1 aromatic heterocycles. The fourth-order valence-electron chi connectivity index (χ4n) is 2.79. The van der Waals surface area contributed by atoms with Gasteiger partial charge in [0.25, 0.3) is 0 Å². The Morgan fingerprint density at radius 1 is 1.10 bits per heavy atom. The van der Waals surface area contributed by atoms with E-state index in [1.165, 1.54) is 47.3 Å². The van der Waals surface area contributed by atoms with Gasteiger partial charge in [-0.15, -0.1) is 11.3 Å². The minimum Gasteiger partial charge on any atom is -0.144 e. The number of fused-ring (bicyclic) bond motifs is 1. The van der Waals surface area contributed by atoms with Crippen molar-refractivity contribution in [2.45, 2.75) is 44.4 Å². The summed E-state index contributed by atoms with van der Waals surface area (Å²) < 4.78 is 0. The SMILES string of the molecule is Cc1cc(Cl)c(C(Br)c2cc3c(s2)CCCC3)cc1C. The maximum absolute atomic E-state index is 6.45. The van der Waals surface area contributed by atoms with Crippen LogP contribution in [0, 0.1) is 13.8 Å². The van der Waals surface area contributed by atoms with Gasteiger partial charge in [-0.3, -0.25) is 0 Å². The van der Waals surface area contributed by atoms with E-state index in [1.54, 1.807) is 10.4 Å². The topological polar surface area (TPSA) is 0 Å². The van der Waals surface area contributed by atoms with Gasteiger partial charge in [-0.1, -0.05) is 33.6 Å². The molecule has 1 heterocycles. The molecular formula is C17H18BrClS. The van der Waals surface area contributed by atoms with Gasteiger partial charge in [0.2, 0.25) is 0 Å². The summed E-state index contributed by atoms with van der Waals surface area (Å²) in [5.41, 5.74) is 5.30. The maximum Gasteiger partial charge on any atom is 0.0752 e. The molecule has 3 rings (SSSR count). The number of alkyl halides is 1. The molecule has 1 aliphatic rings. The van der Waals surface area contributed by atoms with E-state index in [0.717, 1.165) is 5.02 Å². The Balaban J connectivity index is 1.98. The van der Waals surface area contributed by atoms with Gasteiger partial charge in [0, 0.05) is 14.8 Å². The zero-order valence-electron chi connectivity index (χ0n) is 11.8. The Kier molecular flexibility index (Phi) is 4.26. The Morgan fingerprint density at radius 3 is 2.55 bits per heavy atom. The molecule has 106 valence electrons. The molecule has 2 aromatic rings. The molecule has 0 amide bonds. The van der Waals surface area contributed by atoms with Crippen LogP contribution < -0.4 is 0 Å². The highest BCUT2D eigenvalue weighted by Gasteiger charge is 2.20. The van der Waals surface area contributed by atoms with Crippen molar-refractivity contribution >= 4 is 38.9 Å². The predicted octanol–water partition coefficient (Wildman–Crippen LogP) is 6.38. The molecule has 0 bridgehead atoms.